The summed E-state index contributed by atoms with van der Waals surface area (Å²) in [7, 11) is 0. The molecule has 0 amide bonds. The molecule has 0 saturated heterocycles. The van der Waals surface area contributed by atoms with E-state index in [0.717, 1.165) is 6.42 Å². The van der Waals surface area contributed by atoms with Crippen LogP contribution in [0, 0.1) is 5.92 Å². The second kappa shape index (κ2) is 5.48. The Kier molecular flexibility index (Phi) is 4.22. The number of hydrogen-bond acceptors (Lipinski definition) is 3. The molecule has 5 atom stereocenters. The van der Waals surface area contributed by atoms with Gasteiger partial charge in [-0.05, 0) is 25.7 Å². The molecule has 2 aliphatic rings. The first kappa shape index (κ1) is 12.3. The second-order valence-corrected chi connectivity index (χ2v) is 5.20. The highest BCUT2D eigenvalue weighted by Crippen LogP contribution is 2.33. The van der Waals surface area contributed by atoms with Gasteiger partial charge in [0.1, 0.15) is 6.10 Å². The van der Waals surface area contributed by atoms with Gasteiger partial charge in [-0.1, -0.05) is 19.8 Å². The Labute approximate surface area is 98.1 Å². The third-order valence-corrected chi connectivity index (χ3v) is 3.96. The van der Waals surface area contributed by atoms with Crippen LogP contribution in [0.1, 0.15) is 46.0 Å². The number of aliphatic hydroxyl groups excluding tert-OH is 1. The van der Waals surface area contributed by atoms with E-state index in [-0.39, 0.29) is 18.3 Å². The maximum atomic E-state index is 9.60. The second-order valence-electron chi connectivity index (χ2n) is 5.20. The third kappa shape index (κ3) is 2.58. The van der Waals surface area contributed by atoms with Gasteiger partial charge in [-0.15, -0.1) is 0 Å². The molecule has 2 rings (SSSR count). The van der Waals surface area contributed by atoms with Gasteiger partial charge in [0.2, 0.25) is 0 Å². The SMILES string of the molecule is CCOC1C(O)CC1OC1CCCCC1C. The molecule has 0 bridgehead atoms. The summed E-state index contributed by atoms with van der Waals surface area (Å²) >= 11 is 0. The van der Waals surface area contributed by atoms with Crippen molar-refractivity contribution < 1.29 is 14.6 Å². The molecule has 16 heavy (non-hydrogen) atoms. The van der Waals surface area contributed by atoms with E-state index in [2.05, 4.69) is 6.92 Å². The summed E-state index contributed by atoms with van der Waals surface area (Å²) < 4.78 is 11.6. The van der Waals surface area contributed by atoms with E-state index in [1.54, 1.807) is 0 Å². The van der Waals surface area contributed by atoms with E-state index in [1.807, 2.05) is 6.92 Å². The molecule has 3 nitrogen and oxygen atoms in total. The zero-order chi connectivity index (χ0) is 11.5. The third-order valence-electron chi connectivity index (χ3n) is 3.96. The first-order valence-electron chi connectivity index (χ1n) is 6.67. The minimum Gasteiger partial charge on any atom is -0.390 e. The summed E-state index contributed by atoms with van der Waals surface area (Å²) in [5.74, 6) is 0.661. The summed E-state index contributed by atoms with van der Waals surface area (Å²) in [4.78, 5) is 0. The van der Waals surface area contributed by atoms with Crippen LogP contribution in [0.15, 0.2) is 0 Å². The number of hydrogen-bond donors (Lipinski definition) is 1. The van der Waals surface area contributed by atoms with Crippen molar-refractivity contribution in [2.75, 3.05) is 6.61 Å². The van der Waals surface area contributed by atoms with E-state index < -0.39 is 0 Å². The molecule has 1 N–H and O–H groups in total. The van der Waals surface area contributed by atoms with E-state index in [9.17, 15) is 5.11 Å². The Hall–Kier alpha value is -0.120. The predicted octanol–water partition coefficient (Wildman–Crippen LogP) is 2.12. The number of ether oxygens (including phenoxy) is 2. The van der Waals surface area contributed by atoms with Crippen molar-refractivity contribution in [3.63, 3.8) is 0 Å². The molecule has 0 heterocycles. The molecule has 0 spiro atoms. The van der Waals surface area contributed by atoms with E-state index >= 15 is 0 Å². The maximum absolute atomic E-state index is 9.60. The highest BCUT2D eigenvalue weighted by atomic mass is 16.6. The number of rotatable bonds is 4. The van der Waals surface area contributed by atoms with Crippen LogP contribution in [-0.2, 0) is 9.47 Å². The smallest absolute Gasteiger partial charge is 0.110 e. The molecule has 2 fully saturated rings. The van der Waals surface area contributed by atoms with Crippen molar-refractivity contribution in [1.82, 2.24) is 0 Å². The lowest BCUT2D eigenvalue weighted by Crippen LogP contribution is -2.55. The molecular formula is C13H24O3. The molecule has 0 aromatic heterocycles. The van der Waals surface area contributed by atoms with Gasteiger partial charge in [-0.25, -0.2) is 0 Å². The maximum Gasteiger partial charge on any atom is 0.110 e. The van der Waals surface area contributed by atoms with Crippen molar-refractivity contribution in [2.24, 2.45) is 5.92 Å². The first-order chi connectivity index (χ1) is 7.72. The fourth-order valence-corrected chi connectivity index (χ4v) is 2.81. The van der Waals surface area contributed by atoms with Gasteiger partial charge in [-0.3, -0.25) is 0 Å². The van der Waals surface area contributed by atoms with Crippen LogP contribution in [0.3, 0.4) is 0 Å². The molecule has 0 aliphatic heterocycles. The van der Waals surface area contributed by atoms with Crippen LogP contribution in [-0.4, -0.2) is 36.1 Å². The van der Waals surface area contributed by atoms with E-state index in [4.69, 9.17) is 9.47 Å². The lowest BCUT2D eigenvalue weighted by Gasteiger charge is -2.44. The van der Waals surface area contributed by atoms with Crippen LogP contribution < -0.4 is 0 Å². The van der Waals surface area contributed by atoms with Crippen molar-refractivity contribution in [2.45, 2.75) is 70.4 Å². The molecule has 3 heteroatoms. The van der Waals surface area contributed by atoms with Crippen LogP contribution in [0.4, 0.5) is 0 Å². The molecule has 5 unspecified atom stereocenters. The molecule has 0 radical (unpaired) electrons. The average molecular weight is 228 g/mol. The summed E-state index contributed by atoms with van der Waals surface area (Å²) in [6.45, 7) is 4.89. The molecule has 0 aromatic rings. The van der Waals surface area contributed by atoms with Crippen LogP contribution in [0.5, 0.6) is 0 Å². The topological polar surface area (TPSA) is 38.7 Å². The first-order valence-corrected chi connectivity index (χ1v) is 6.67. The monoisotopic (exact) mass is 228 g/mol. The number of aliphatic hydroxyl groups is 1. The Bertz CT molecular complexity index is 219. The van der Waals surface area contributed by atoms with Gasteiger partial charge < -0.3 is 14.6 Å². The van der Waals surface area contributed by atoms with Gasteiger partial charge in [-0.2, -0.15) is 0 Å². The molecular weight excluding hydrogens is 204 g/mol. The fourth-order valence-electron chi connectivity index (χ4n) is 2.81. The van der Waals surface area contributed by atoms with Gasteiger partial charge in [0.05, 0.1) is 18.3 Å². The van der Waals surface area contributed by atoms with Crippen molar-refractivity contribution in [3.8, 4) is 0 Å². The highest BCUT2D eigenvalue weighted by molar-refractivity contribution is 4.93. The van der Waals surface area contributed by atoms with E-state index in [1.165, 1.54) is 25.7 Å². The molecule has 0 aromatic carbocycles. The quantitative estimate of drug-likeness (QED) is 0.801. The van der Waals surface area contributed by atoms with Gasteiger partial charge in [0.25, 0.3) is 0 Å². The minimum atomic E-state index is -0.316. The Morgan fingerprint density at radius 2 is 1.94 bits per heavy atom. The largest absolute Gasteiger partial charge is 0.390 e. The Balaban J connectivity index is 1.80. The lowest BCUT2D eigenvalue weighted by atomic mass is 9.85. The Morgan fingerprint density at radius 3 is 2.56 bits per heavy atom. The van der Waals surface area contributed by atoms with Crippen molar-refractivity contribution >= 4 is 0 Å². The van der Waals surface area contributed by atoms with Crippen molar-refractivity contribution in [3.05, 3.63) is 0 Å². The molecule has 94 valence electrons. The van der Waals surface area contributed by atoms with Gasteiger partial charge >= 0.3 is 0 Å². The summed E-state index contributed by atoms with van der Waals surface area (Å²) in [6, 6.07) is 0. The van der Waals surface area contributed by atoms with Crippen LogP contribution in [0.25, 0.3) is 0 Å². The lowest BCUT2D eigenvalue weighted by molar-refractivity contribution is -0.214. The van der Waals surface area contributed by atoms with Crippen LogP contribution >= 0.6 is 0 Å². The Morgan fingerprint density at radius 1 is 1.19 bits per heavy atom. The normalized spacial score (nSPS) is 44.1. The average Bonchev–Trinajstić information content (AvgIpc) is 2.28. The molecule has 2 aliphatic carbocycles. The van der Waals surface area contributed by atoms with Crippen LogP contribution in [0.2, 0.25) is 0 Å². The van der Waals surface area contributed by atoms with Gasteiger partial charge in [0.15, 0.2) is 0 Å². The van der Waals surface area contributed by atoms with Gasteiger partial charge in [0, 0.05) is 13.0 Å². The summed E-state index contributed by atoms with van der Waals surface area (Å²) in [6.07, 6.45) is 5.92. The summed E-state index contributed by atoms with van der Waals surface area (Å²) in [5, 5.41) is 9.60. The standard InChI is InChI=1S/C13H24O3/c1-3-15-13-10(14)8-12(13)16-11-7-5-4-6-9(11)2/h9-14H,3-8H2,1-2H3. The zero-order valence-electron chi connectivity index (χ0n) is 10.4. The minimum absolute atomic E-state index is 0.0841. The fraction of sp³-hybridized carbons (Fsp3) is 1.00. The summed E-state index contributed by atoms with van der Waals surface area (Å²) in [5.41, 5.74) is 0. The zero-order valence-corrected chi connectivity index (χ0v) is 10.4. The highest BCUT2D eigenvalue weighted by Gasteiger charge is 2.43. The molecule has 2 saturated carbocycles. The predicted molar refractivity (Wildman–Crippen MR) is 62.3 cm³/mol. The van der Waals surface area contributed by atoms with Crippen molar-refractivity contribution in [1.29, 1.82) is 0 Å². The van der Waals surface area contributed by atoms with E-state index in [0.29, 0.717) is 18.6 Å².